The number of hydrogen-bond donors (Lipinski definition) is 3. The summed E-state index contributed by atoms with van der Waals surface area (Å²) in [5.74, 6) is 1.25. The summed E-state index contributed by atoms with van der Waals surface area (Å²) in [5.41, 5.74) is 7.16. The summed E-state index contributed by atoms with van der Waals surface area (Å²) in [7, 11) is 3.23. The van der Waals surface area contributed by atoms with Crippen molar-refractivity contribution in [3.8, 4) is 45.4 Å². The van der Waals surface area contributed by atoms with Gasteiger partial charge in [-0.25, -0.2) is 9.97 Å². The van der Waals surface area contributed by atoms with E-state index >= 15 is 0 Å². The Morgan fingerprint density at radius 3 is 2.22 bits per heavy atom. The number of nitrogens with zero attached hydrogens (tertiary/aromatic N) is 4. The average molecular weight is 729 g/mol. The summed E-state index contributed by atoms with van der Waals surface area (Å²) in [6.45, 7) is 2.85. The third-order valence-electron chi connectivity index (χ3n) is 10.6. The number of carbonyl (C=O) groups excluding carboxylic acids is 2. The van der Waals surface area contributed by atoms with Crippen molar-refractivity contribution in [2.24, 2.45) is 0 Å². The van der Waals surface area contributed by atoms with Gasteiger partial charge in [0.25, 0.3) is 0 Å². The molecule has 4 aliphatic rings. The van der Waals surface area contributed by atoms with Crippen LogP contribution in [0, 0.1) is 0 Å². The molecule has 8 rings (SSSR count). The Bertz CT molecular complexity index is 2040. The normalized spacial score (nSPS) is 20.6. The zero-order valence-electron chi connectivity index (χ0n) is 28.5. The Morgan fingerprint density at radius 1 is 0.882 bits per heavy atom. The number of pyridine rings is 1. The Hall–Kier alpha value is -4.29. The topological polar surface area (TPSA) is 131 Å². The average Bonchev–Trinajstić information content (AvgIpc) is 3.85. The molecule has 3 fully saturated rings. The van der Waals surface area contributed by atoms with Crippen LogP contribution in [0.2, 0.25) is 10.0 Å². The summed E-state index contributed by atoms with van der Waals surface area (Å²) in [6.07, 6.45) is 6.40. The first-order chi connectivity index (χ1) is 24.7. The number of hydrogen-bond acceptors (Lipinski definition) is 9. The molecule has 0 saturated carbocycles. The second-order valence-electron chi connectivity index (χ2n) is 13.9. The van der Waals surface area contributed by atoms with Crippen LogP contribution in [0.4, 0.5) is 0 Å². The number of halogens is 2. The van der Waals surface area contributed by atoms with Gasteiger partial charge in [-0.05, 0) is 37.3 Å². The van der Waals surface area contributed by atoms with Crippen LogP contribution in [0.3, 0.4) is 0 Å². The van der Waals surface area contributed by atoms with Crippen molar-refractivity contribution in [2.75, 3.05) is 33.9 Å². The predicted molar refractivity (Wildman–Crippen MR) is 195 cm³/mol. The third kappa shape index (κ3) is 6.41. The number of likely N-dealkylation sites (tertiary alicyclic amines) is 1. The molecule has 264 valence electrons. The highest BCUT2D eigenvalue weighted by Crippen LogP contribution is 2.44. The SMILES string of the molecule is COc1nc(-c2cccc(-c3cccc(-c4cc5c(c(OC)n4)[C@H](NC[C@@H]4CCC(=O)N4)CC5)c3Cl)c2Cl)cnc1CN1CC2(CCC(=O)N2)C1. The lowest BCUT2D eigenvalue weighted by Gasteiger charge is -2.47. The first kappa shape index (κ1) is 33.8. The zero-order valence-corrected chi connectivity index (χ0v) is 30.0. The Morgan fingerprint density at radius 2 is 1.57 bits per heavy atom. The number of fused-ring (bicyclic) bond motifs is 1. The van der Waals surface area contributed by atoms with Crippen molar-refractivity contribution >= 4 is 35.0 Å². The van der Waals surface area contributed by atoms with E-state index in [-0.39, 0.29) is 29.4 Å². The van der Waals surface area contributed by atoms with Crippen LogP contribution in [-0.4, -0.2) is 77.1 Å². The number of rotatable bonds is 10. The van der Waals surface area contributed by atoms with E-state index in [1.165, 1.54) is 5.56 Å². The van der Waals surface area contributed by atoms with E-state index < -0.39 is 0 Å². The van der Waals surface area contributed by atoms with Crippen molar-refractivity contribution in [2.45, 2.75) is 62.7 Å². The van der Waals surface area contributed by atoms with Gasteiger partial charge in [-0.1, -0.05) is 59.6 Å². The number of benzene rings is 2. The maximum absolute atomic E-state index is 11.8. The van der Waals surface area contributed by atoms with Crippen molar-refractivity contribution in [1.82, 2.24) is 35.8 Å². The van der Waals surface area contributed by atoms with Crippen LogP contribution in [-0.2, 0) is 22.6 Å². The molecule has 0 radical (unpaired) electrons. The summed E-state index contributed by atoms with van der Waals surface area (Å²) >= 11 is 14.3. The molecule has 13 heteroatoms. The van der Waals surface area contributed by atoms with Gasteiger partial charge in [0.1, 0.15) is 5.69 Å². The summed E-state index contributed by atoms with van der Waals surface area (Å²) < 4.78 is 11.5. The van der Waals surface area contributed by atoms with Crippen LogP contribution in [0.5, 0.6) is 11.8 Å². The monoisotopic (exact) mass is 727 g/mol. The molecule has 11 nitrogen and oxygen atoms in total. The third-order valence-corrected chi connectivity index (χ3v) is 11.4. The maximum atomic E-state index is 11.8. The summed E-state index contributed by atoms with van der Waals surface area (Å²) in [5, 5.41) is 10.8. The largest absolute Gasteiger partial charge is 0.481 e. The van der Waals surface area contributed by atoms with E-state index in [0.29, 0.717) is 59.0 Å². The number of ether oxygens (including phenoxy) is 2. The highest BCUT2D eigenvalue weighted by atomic mass is 35.5. The molecule has 0 unspecified atom stereocenters. The Kier molecular flexibility index (Phi) is 9.08. The van der Waals surface area contributed by atoms with Gasteiger partial charge in [0.2, 0.25) is 23.6 Å². The lowest BCUT2D eigenvalue weighted by atomic mass is 9.88. The van der Waals surface area contributed by atoms with Crippen LogP contribution >= 0.6 is 23.2 Å². The molecule has 0 bridgehead atoms. The van der Waals surface area contributed by atoms with E-state index in [1.807, 2.05) is 36.4 Å². The molecule has 2 aromatic heterocycles. The predicted octanol–water partition coefficient (Wildman–Crippen LogP) is 5.52. The molecule has 2 atom stereocenters. The van der Waals surface area contributed by atoms with Gasteiger partial charge in [-0.2, -0.15) is 0 Å². The fourth-order valence-electron chi connectivity index (χ4n) is 8.04. The molecule has 3 aliphatic heterocycles. The molecule has 51 heavy (non-hydrogen) atoms. The first-order valence-corrected chi connectivity index (χ1v) is 18.1. The fourth-order valence-corrected chi connectivity index (χ4v) is 8.69. The van der Waals surface area contributed by atoms with Crippen molar-refractivity contribution in [3.05, 3.63) is 75.5 Å². The lowest BCUT2D eigenvalue weighted by molar-refractivity contribution is -0.121. The second-order valence-corrected chi connectivity index (χ2v) is 14.7. The molecular weight excluding hydrogens is 689 g/mol. The van der Waals surface area contributed by atoms with Crippen molar-refractivity contribution < 1.29 is 19.1 Å². The molecule has 4 aromatic rings. The first-order valence-electron chi connectivity index (χ1n) is 17.4. The summed E-state index contributed by atoms with van der Waals surface area (Å²) in [6, 6.07) is 14.0. The second kappa shape index (κ2) is 13.7. The molecule has 5 heterocycles. The van der Waals surface area contributed by atoms with Crippen molar-refractivity contribution in [1.29, 1.82) is 0 Å². The van der Waals surface area contributed by atoms with Crippen LogP contribution in [0.25, 0.3) is 33.6 Å². The number of amides is 2. The van der Waals surface area contributed by atoms with Crippen LogP contribution in [0.15, 0.2) is 48.7 Å². The highest BCUT2D eigenvalue weighted by Gasteiger charge is 2.47. The minimum atomic E-state index is -0.107. The van der Waals surface area contributed by atoms with Gasteiger partial charge in [0.05, 0.1) is 47.4 Å². The molecule has 3 saturated heterocycles. The maximum Gasteiger partial charge on any atom is 0.237 e. The van der Waals surface area contributed by atoms with Crippen LogP contribution < -0.4 is 25.4 Å². The standard InChI is InChI=1S/C38H39Cl2N7O4/c1-50-36-30(18-47-19-38(20-47)14-13-32(49)46-38)42-17-29(45-36)26-8-4-6-24(35(26)40)23-5-3-7-25(34(23)39)28-15-21-9-11-27(33(21)37(44-28)51-2)41-16-22-10-12-31(48)43-22/h3-8,15,17,22,27,41H,9-14,16,18-20H2,1-2H3,(H,43,48)(H,46,49)/t22-,27+/m0/s1. The quantitative estimate of drug-likeness (QED) is 0.193. The van der Waals surface area contributed by atoms with E-state index in [0.717, 1.165) is 72.4 Å². The lowest BCUT2D eigenvalue weighted by Crippen LogP contribution is -2.66. The van der Waals surface area contributed by atoms with Gasteiger partial charge in [-0.15, -0.1) is 0 Å². The fraction of sp³-hybridized carbons (Fsp3) is 0.395. The minimum Gasteiger partial charge on any atom is -0.481 e. The highest BCUT2D eigenvalue weighted by molar-refractivity contribution is 6.39. The number of nitrogens with one attached hydrogen (secondary N) is 3. The Balaban J connectivity index is 1.04. The molecular formula is C38H39Cl2N7O4. The zero-order chi connectivity index (χ0) is 35.3. The van der Waals surface area contributed by atoms with E-state index in [9.17, 15) is 9.59 Å². The van der Waals surface area contributed by atoms with Gasteiger partial charge >= 0.3 is 0 Å². The van der Waals surface area contributed by atoms with Gasteiger partial charge in [-0.3, -0.25) is 19.5 Å². The number of carbonyl (C=O) groups is 2. The van der Waals surface area contributed by atoms with Gasteiger partial charge in [0, 0.05) is 78.9 Å². The molecule has 3 N–H and O–H groups in total. The number of aryl methyl sites for hydroxylation is 1. The summed E-state index contributed by atoms with van der Waals surface area (Å²) in [4.78, 5) is 40.1. The van der Waals surface area contributed by atoms with Crippen molar-refractivity contribution in [3.63, 3.8) is 0 Å². The van der Waals surface area contributed by atoms with Crippen LogP contribution in [0.1, 0.15) is 55.0 Å². The molecule has 1 spiro atoms. The smallest absolute Gasteiger partial charge is 0.237 e. The molecule has 2 aromatic carbocycles. The number of methoxy groups -OCH3 is 2. The minimum absolute atomic E-state index is 0.0946. The molecule has 1 aliphatic carbocycles. The number of aromatic nitrogens is 3. The van der Waals surface area contributed by atoms with Gasteiger partial charge in [0.15, 0.2) is 0 Å². The Labute approximate surface area is 306 Å². The van der Waals surface area contributed by atoms with E-state index in [2.05, 4.69) is 26.9 Å². The van der Waals surface area contributed by atoms with E-state index in [1.54, 1.807) is 20.4 Å². The molecule has 2 amide bonds. The van der Waals surface area contributed by atoms with Gasteiger partial charge < -0.3 is 25.4 Å². The van der Waals surface area contributed by atoms with E-state index in [4.69, 9.17) is 47.6 Å².